The van der Waals surface area contributed by atoms with Gasteiger partial charge >= 0.3 is 0 Å². The van der Waals surface area contributed by atoms with Crippen molar-refractivity contribution in [2.45, 2.75) is 53.0 Å². The number of nitrogens with one attached hydrogen (secondary N) is 1. The van der Waals surface area contributed by atoms with E-state index >= 15 is 0 Å². The molecule has 1 fully saturated rings. The highest BCUT2D eigenvalue weighted by Crippen LogP contribution is 2.27. The Morgan fingerprint density at radius 3 is 2.67 bits per heavy atom. The van der Waals surface area contributed by atoms with Crippen molar-refractivity contribution in [3.8, 4) is 0 Å². The van der Waals surface area contributed by atoms with E-state index in [1.165, 1.54) is 18.4 Å². The number of benzene rings is 1. The second kappa shape index (κ2) is 7.08. The smallest absolute Gasteiger partial charge is 0.238 e. The number of hydrogen-bond donors (Lipinski definition) is 1. The highest BCUT2D eigenvalue weighted by molar-refractivity contribution is 5.93. The molecule has 116 valence electrons. The fourth-order valence-electron chi connectivity index (χ4n) is 2.50. The molecule has 0 radical (unpaired) electrons. The minimum absolute atomic E-state index is 0.111. The van der Waals surface area contributed by atoms with Crippen LogP contribution in [0.4, 0.5) is 5.69 Å². The van der Waals surface area contributed by atoms with E-state index in [2.05, 4.69) is 36.2 Å². The van der Waals surface area contributed by atoms with Crippen LogP contribution >= 0.6 is 0 Å². The molecule has 3 heteroatoms. The predicted molar refractivity (Wildman–Crippen MR) is 88.6 cm³/mol. The summed E-state index contributed by atoms with van der Waals surface area (Å²) in [4.78, 5) is 14.7. The zero-order valence-electron chi connectivity index (χ0n) is 13.8. The van der Waals surface area contributed by atoms with Gasteiger partial charge in [0.2, 0.25) is 5.91 Å². The molecule has 21 heavy (non-hydrogen) atoms. The highest BCUT2D eigenvalue weighted by atomic mass is 16.2. The second-order valence-electron chi connectivity index (χ2n) is 6.75. The third kappa shape index (κ3) is 5.16. The molecule has 0 saturated heterocycles. The fraction of sp³-hybridized carbons (Fsp3) is 0.611. The zero-order valence-corrected chi connectivity index (χ0v) is 13.8. The van der Waals surface area contributed by atoms with Crippen LogP contribution in [0.5, 0.6) is 0 Å². The van der Waals surface area contributed by atoms with Crippen LogP contribution < -0.4 is 5.32 Å². The number of amides is 1. The number of carbonyl (C=O) groups is 1. The van der Waals surface area contributed by atoms with Crippen molar-refractivity contribution in [3.63, 3.8) is 0 Å². The van der Waals surface area contributed by atoms with Crippen molar-refractivity contribution in [3.05, 3.63) is 29.3 Å². The monoisotopic (exact) mass is 288 g/mol. The lowest BCUT2D eigenvalue weighted by Gasteiger charge is -2.22. The molecule has 1 aliphatic rings. The van der Waals surface area contributed by atoms with Gasteiger partial charge < -0.3 is 5.32 Å². The standard InChI is InChI=1S/C18H28N2O/c1-13(2)9-10-20(16-7-8-16)12-18(21)19-17-11-14(3)5-6-15(17)4/h5-6,11,13,16H,7-10,12H2,1-4H3,(H,19,21). The third-order valence-electron chi connectivity index (χ3n) is 4.07. The van der Waals surface area contributed by atoms with Crippen molar-refractivity contribution < 1.29 is 4.79 Å². The lowest BCUT2D eigenvalue weighted by Crippen LogP contribution is -2.36. The third-order valence-corrected chi connectivity index (χ3v) is 4.07. The summed E-state index contributed by atoms with van der Waals surface area (Å²) < 4.78 is 0. The van der Waals surface area contributed by atoms with Crippen molar-refractivity contribution >= 4 is 11.6 Å². The van der Waals surface area contributed by atoms with Gasteiger partial charge in [-0.3, -0.25) is 9.69 Å². The van der Waals surface area contributed by atoms with Gasteiger partial charge in [0.25, 0.3) is 0 Å². The predicted octanol–water partition coefficient (Wildman–Crippen LogP) is 3.75. The molecule has 2 rings (SSSR count). The van der Waals surface area contributed by atoms with Gasteiger partial charge in [0.15, 0.2) is 0 Å². The van der Waals surface area contributed by atoms with Crippen molar-refractivity contribution in [2.24, 2.45) is 5.92 Å². The minimum Gasteiger partial charge on any atom is -0.325 e. The number of aryl methyl sites for hydroxylation is 2. The first-order chi connectivity index (χ1) is 9.95. The molecule has 1 aliphatic carbocycles. The Morgan fingerprint density at radius 1 is 1.33 bits per heavy atom. The highest BCUT2D eigenvalue weighted by Gasteiger charge is 2.30. The fourth-order valence-corrected chi connectivity index (χ4v) is 2.50. The van der Waals surface area contributed by atoms with Gasteiger partial charge in [-0.25, -0.2) is 0 Å². The zero-order chi connectivity index (χ0) is 15.4. The van der Waals surface area contributed by atoms with E-state index in [0.29, 0.717) is 18.5 Å². The van der Waals surface area contributed by atoms with E-state index in [0.717, 1.165) is 24.2 Å². The Bertz CT molecular complexity index is 492. The normalized spacial score (nSPS) is 14.8. The molecule has 0 spiro atoms. The van der Waals surface area contributed by atoms with E-state index in [1.54, 1.807) is 0 Å². The van der Waals surface area contributed by atoms with Crippen LogP contribution in [0.1, 0.15) is 44.2 Å². The molecule has 1 saturated carbocycles. The first kappa shape index (κ1) is 16.0. The topological polar surface area (TPSA) is 32.3 Å². The van der Waals surface area contributed by atoms with Gasteiger partial charge in [-0.15, -0.1) is 0 Å². The molecule has 1 amide bonds. The maximum atomic E-state index is 12.3. The quantitative estimate of drug-likeness (QED) is 0.828. The molecular weight excluding hydrogens is 260 g/mol. The lowest BCUT2D eigenvalue weighted by molar-refractivity contribution is -0.117. The average molecular weight is 288 g/mol. The van der Waals surface area contributed by atoms with Crippen molar-refractivity contribution in [1.82, 2.24) is 4.90 Å². The van der Waals surface area contributed by atoms with Gasteiger partial charge in [-0.1, -0.05) is 26.0 Å². The van der Waals surface area contributed by atoms with Crippen LogP contribution in [0.25, 0.3) is 0 Å². The summed E-state index contributed by atoms with van der Waals surface area (Å²) in [5.74, 6) is 0.799. The van der Waals surface area contributed by atoms with Crippen LogP contribution in [0.2, 0.25) is 0 Å². The SMILES string of the molecule is Cc1ccc(C)c(NC(=O)CN(CCC(C)C)C2CC2)c1. The summed E-state index contributed by atoms with van der Waals surface area (Å²) in [6, 6.07) is 6.81. The van der Waals surface area contributed by atoms with Gasteiger partial charge in [-0.05, 0) is 62.8 Å². The van der Waals surface area contributed by atoms with E-state index < -0.39 is 0 Å². The molecule has 1 aromatic rings. The van der Waals surface area contributed by atoms with Gasteiger partial charge in [0.1, 0.15) is 0 Å². The van der Waals surface area contributed by atoms with Crippen LogP contribution in [-0.2, 0) is 4.79 Å². The van der Waals surface area contributed by atoms with E-state index in [9.17, 15) is 4.79 Å². The molecule has 0 aromatic heterocycles. The average Bonchev–Trinajstić information content (AvgIpc) is 3.23. The maximum absolute atomic E-state index is 12.3. The Labute approximate surface area is 128 Å². The summed E-state index contributed by atoms with van der Waals surface area (Å²) in [6.45, 7) is 10.1. The van der Waals surface area contributed by atoms with Crippen LogP contribution in [0.3, 0.4) is 0 Å². The Balaban J connectivity index is 1.91. The summed E-state index contributed by atoms with van der Waals surface area (Å²) in [6.07, 6.45) is 3.65. The van der Waals surface area contributed by atoms with Crippen LogP contribution in [-0.4, -0.2) is 29.9 Å². The molecule has 0 atom stereocenters. The molecule has 0 bridgehead atoms. The Hall–Kier alpha value is -1.35. The molecule has 0 unspecified atom stereocenters. The molecule has 0 heterocycles. The molecule has 1 aromatic carbocycles. The summed E-state index contributed by atoms with van der Waals surface area (Å²) >= 11 is 0. The second-order valence-corrected chi connectivity index (χ2v) is 6.75. The number of nitrogens with zero attached hydrogens (tertiary/aromatic N) is 1. The van der Waals surface area contributed by atoms with E-state index in [-0.39, 0.29) is 5.91 Å². The lowest BCUT2D eigenvalue weighted by atomic mass is 10.1. The van der Waals surface area contributed by atoms with Crippen LogP contribution in [0.15, 0.2) is 18.2 Å². The largest absolute Gasteiger partial charge is 0.325 e. The Morgan fingerprint density at radius 2 is 2.05 bits per heavy atom. The molecular formula is C18H28N2O. The number of carbonyl (C=O) groups excluding carboxylic acids is 1. The summed E-state index contributed by atoms with van der Waals surface area (Å²) in [5.41, 5.74) is 3.24. The van der Waals surface area contributed by atoms with E-state index in [1.807, 2.05) is 19.9 Å². The minimum atomic E-state index is 0.111. The number of hydrogen-bond acceptors (Lipinski definition) is 2. The van der Waals surface area contributed by atoms with Gasteiger partial charge in [0, 0.05) is 11.7 Å². The van der Waals surface area contributed by atoms with Crippen molar-refractivity contribution in [2.75, 3.05) is 18.4 Å². The van der Waals surface area contributed by atoms with Crippen molar-refractivity contribution in [1.29, 1.82) is 0 Å². The maximum Gasteiger partial charge on any atom is 0.238 e. The Kier molecular flexibility index (Phi) is 5.40. The molecule has 3 nitrogen and oxygen atoms in total. The first-order valence-electron chi connectivity index (χ1n) is 8.07. The first-order valence-corrected chi connectivity index (χ1v) is 8.07. The number of anilines is 1. The molecule has 1 N–H and O–H groups in total. The molecule has 0 aliphatic heterocycles. The van der Waals surface area contributed by atoms with Gasteiger partial charge in [0.05, 0.1) is 6.54 Å². The van der Waals surface area contributed by atoms with E-state index in [4.69, 9.17) is 0 Å². The van der Waals surface area contributed by atoms with Gasteiger partial charge in [-0.2, -0.15) is 0 Å². The van der Waals surface area contributed by atoms with Crippen LogP contribution in [0, 0.1) is 19.8 Å². The number of rotatable bonds is 7. The summed E-state index contributed by atoms with van der Waals surface area (Å²) in [5, 5.41) is 3.07. The summed E-state index contributed by atoms with van der Waals surface area (Å²) in [7, 11) is 0.